The second-order valence-corrected chi connectivity index (χ2v) is 7.06. The summed E-state index contributed by atoms with van der Waals surface area (Å²) in [5, 5.41) is 16.7. The molecular weight excluding hydrogens is 320 g/mol. The van der Waals surface area contributed by atoms with E-state index in [1.54, 1.807) is 0 Å². The van der Waals surface area contributed by atoms with Gasteiger partial charge in [0, 0.05) is 25.7 Å². The first-order valence-electron chi connectivity index (χ1n) is 8.48. The lowest BCUT2D eigenvalue weighted by Gasteiger charge is -2.33. The third-order valence-corrected chi connectivity index (χ3v) is 5.40. The van der Waals surface area contributed by atoms with Crippen LogP contribution in [0.3, 0.4) is 0 Å². The Hall–Kier alpha value is -1.55. The summed E-state index contributed by atoms with van der Waals surface area (Å²) in [5.41, 5.74) is 2.24. The largest absolute Gasteiger partial charge is 0.388 e. The molecule has 4 heteroatoms. The second kappa shape index (κ2) is 7.56. The molecule has 3 atom stereocenters. The smallest absolute Gasteiger partial charge is 0.103 e. The molecule has 2 N–H and O–H groups in total. The molecule has 128 valence electrons. The van der Waals surface area contributed by atoms with Gasteiger partial charge in [-0.3, -0.25) is 0 Å². The van der Waals surface area contributed by atoms with E-state index in [-0.39, 0.29) is 11.4 Å². The van der Waals surface area contributed by atoms with Crippen molar-refractivity contribution in [2.75, 3.05) is 20.6 Å². The van der Waals surface area contributed by atoms with Crippen molar-refractivity contribution in [2.24, 2.45) is 0 Å². The maximum absolute atomic E-state index is 11.0. The molecule has 1 aliphatic heterocycles. The van der Waals surface area contributed by atoms with E-state index in [0.29, 0.717) is 0 Å². The summed E-state index contributed by atoms with van der Waals surface area (Å²) >= 11 is 6.25. The molecule has 1 unspecified atom stereocenters. The first-order chi connectivity index (χ1) is 11.6. The third-order valence-electron chi connectivity index (χ3n) is 4.87. The summed E-state index contributed by atoms with van der Waals surface area (Å²) in [5.74, 6) is 0.0196. The zero-order valence-corrected chi connectivity index (χ0v) is 15.0. The quantitative estimate of drug-likeness (QED) is 0.641. The van der Waals surface area contributed by atoms with Crippen LogP contribution in [0.25, 0.3) is 10.8 Å². The highest BCUT2D eigenvalue weighted by Gasteiger charge is 2.27. The maximum atomic E-state index is 11.0. The van der Waals surface area contributed by atoms with Crippen molar-refractivity contribution in [2.45, 2.75) is 30.4 Å². The Morgan fingerprint density at radius 1 is 1.25 bits per heavy atom. The number of nitrogens with zero attached hydrogens (tertiary/aromatic N) is 1. The molecule has 0 radical (unpaired) electrons. The van der Waals surface area contributed by atoms with E-state index < -0.39 is 6.10 Å². The summed E-state index contributed by atoms with van der Waals surface area (Å²) in [7, 11) is 3.89. The number of fused-ring (bicyclic) bond motifs is 1. The standard InChI is InChI=1S/C20H25ClN2O/c1-22-12-18(20(24)17-9-10-19(21)23(2)13-17)16-8-7-14-5-3-4-6-15(14)11-16/h3-8,11,13,18-20,22,24H,9-10,12H2,1-2H3/t18-,19?,20-/m1/s1. The van der Waals surface area contributed by atoms with Gasteiger partial charge in [0.15, 0.2) is 0 Å². The zero-order chi connectivity index (χ0) is 17.1. The van der Waals surface area contributed by atoms with E-state index in [1.807, 2.05) is 31.3 Å². The summed E-state index contributed by atoms with van der Waals surface area (Å²) in [6, 6.07) is 14.8. The molecule has 0 saturated heterocycles. The van der Waals surface area contributed by atoms with Crippen LogP contribution in [0.5, 0.6) is 0 Å². The Kier molecular flexibility index (Phi) is 5.44. The SMILES string of the molecule is CNC[C@H](c1ccc2ccccc2c1)[C@H](O)C1=CN(C)C(Cl)CC1. The lowest BCUT2D eigenvalue weighted by Crippen LogP contribution is -2.34. The van der Waals surface area contributed by atoms with Gasteiger partial charge in [0.05, 0.1) is 6.10 Å². The summed E-state index contributed by atoms with van der Waals surface area (Å²) in [6.07, 6.45) is 3.21. The Bertz CT molecular complexity index is 730. The van der Waals surface area contributed by atoms with E-state index in [1.165, 1.54) is 10.8 Å². The predicted octanol–water partition coefficient (Wildman–Crippen LogP) is 3.68. The second-order valence-electron chi connectivity index (χ2n) is 6.56. The number of hydrogen-bond donors (Lipinski definition) is 2. The number of halogens is 1. The van der Waals surface area contributed by atoms with Crippen molar-refractivity contribution >= 4 is 22.4 Å². The minimum absolute atomic E-state index is 0.0179. The van der Waals surface area contributed by atoms with E-state index in [9.17, 15) is 5.11 Å². The van der Waals surface area contributed by atoms with Gasteiger partial charge < -0.3 is 15.3 Å². The Morgan fingerprint density at radius 2 is 2.00 bits per heavy atom. The third kappa shape index (κ3) is 3.59. The highest BCUT2D eigenvalue weighted by Crippen LogP contribution is 2.32. The van der Waals surface area contributed by atoms with Crippen LogP contribution in [0.4, 0.5) is 0 Å². The van der Waals surface area contributed by atoms with E-state index in [2.05, 4.69) is 41.7 Å². The van der Waals surface area contributed by atoms with Crippen LogP contribution in [0, 0.1) is 0 Å². The van der Waals surface area contributed by atoms with Crippen LogP contribution in [-0.4, -0.2) is 42.3 Å². The van der Waals surface area contributed by atoms with Gasteiger partial charge in [0.25, 0.3) is 0 Å². The molecule has 2 aromatic rings. The van der Waals surface area contributed by atoms with Gasteiger partial charge in [-0.1, -0.05) is 54.1 Å². The molecule has 3 nitrogen and oxygen atoms in total. The van der Waals surface area contributed by atoms with Gasteiger partial charge in [-0.05, 0) is 41.8 Å². The fourth-order valence-electron chi connectivity index (χ4n) is 3.45. The Balaban J connectivity index is 1.91. The van der Waals surface area contributed by atoms with Crippen LogP contribution in [-0.2, 0) is 0 Å². The molecule has 0 amide bonds. The fourth-order valence-corrected chi connectivity index (χ4v) is 3.61. The molecule has 0 saturated carbocycles. The predicted molar refractivity (Wildman–Crippen MR) is 101 cm³/mol. The molecule has 1 heterocycles. The highest BCUT2D eigenvalue weighted by molar-refractivity contribution is 6.20. The average Bonchev–Trinajstić information content (AvgIpc) is 2.61. The van der Waals surface area contributed by atoms with Gasteiger partial charge in [-0.15, -0.1) is 0 Å². The van der Waals surface area contributed by atoms with Gasteiger partial charge in [-0.25, -0.2) is 0 Å². The van der Waals surface area contributed by atoms with Crippen LogP contribution >= 0.6 is 11.6 Å². The molecule has 0 spiro atoms. The van der Waals surface area contributed by atoms with Crippen molar-refractivity contribution in [3.63, 3.8) is 0 Å². The van der Waals surface area contributed by atoms with Gasteiger partial charge in [-0.2, -0.15) is 0 Å². The van der Waals surface area contributed by atoms with Gasteiger partial charge in [0.1, 0.15) is 5.50 Å². The molecule has 24 heavy (non-hydrogen) atoms. The molecule has 2 aromatic carbocycles. The monoisotopic (exact) mass is 344 g/mol. The lowest BCUT2D eigenvalue weighted by molar-refractivity contribution is 0.164. The van der Waals surface area contributed by atoms with E-state index in [4.69, 9.17) is 11.6 Å². The Labute approximate surface area is 148 Å². The summed E-state index contributed by atoms with van der Waals surface area (Å²) in [4.78, 5) is 1.99. The molecule has 1 aliphatic rings. The van der Waals surface area contributed by atoms with Crippen LogP contribution in [0.15, 0.2) is 54.2 Å². The first kappa shape index (κ1) is 17.3. The molecule has 0 aliphatic carbocycles. The minimum Gasteiger partial charge on any atom is -0.388 e. The van der Waals surface area contributed by atoms with Crippen molar-refractivity contribution in [3.05, 3.63) is 59.8 Å². The number of likely N-dealkylation sites (N-methyl/N-ethyl adjacent to an activating group) is 1. The molecule has 0 bridgehead atoms. The zero-order valence-electron chi connectivity index (χ0n) is 14.2. The average molecular weight is 345 g/mol. The first-order valence-corrected chi connectivity index (χ1v) is 8.91. The number of aliphatic hydroxyl groups is 1. The lowest BCUT2D eigenvalue weighted by atomic mass is 9.86. The normalized spacial score (nSPS) is 20.8. The van der Waals surface area contributed by atoms with Crippen molar-refractivity contribution in [3.8, 4) is 0 Å². The van der Waals surface area contributed by atoms with E-state index >= 15 is 0 Å². The maximum Gasteiger partial charge on any atom is 0.103 e. The van der Waals surface area contributed by atoms with Gasteiger partial charge in [0.2, 0.25) is 0 Å². The number of rotatable bonds is 5. The van der Waals surface area contributed by atoms with Crippen LogP contribution in [0.2, 0.25) is 0 Å². The van der Waals surface area contributed by atoms with Crippen molar-refractivity contribution < 1.29 is 5.11 Å². The van der Waals surface area contributed by atoms with Crippen LogP contribution < -0.4 is 5.32 Å². The molecule has 0 fully saturated rings. The summed E-state index contributed by atoms with van der Waals surface area (Å²) < 4.78 is 0. The minimum atomic E-state index is -0.509. The summed E-state index contributed by atoms with van der Waals surface area (Å²) in [6.45, 7) is 0.727. The van der Waals surface area contributed by atoms with Crippen molar-refractivity contribution in [1.82, 2.24) is 10.2 Å². The van der Waals surface area contributed by atoms with E-state index in [0.717, 1.165) is 30.5 Å². The number of benzene rings is 2. The topological polar surface area (TPSA) is 35.5 Å². The van der Waals surface area contributed by atoms with Gasteiger partial charge >= 0.3 is 0 Å². The fraction of sp³-hybridized carbons (Fsp3) is 0.400. The van der Waals surface area contributed by atoms with Crippen LogP contribution in [0.1, 0.15) is 24.3 Å². The molecule has 0 aromatic heterocycles. The number of aliphatic hydroxyl groups excluding tert-OH is 1. The number of nitrogens with one attached hydrogen (secondary N) is 1. The number of hydrogen-bond acceptors (Lipinski definition) is 3. The van der Waals surface area contributed by atoms with Crippen molar-refractivity contribution in [1.29, 1.82) is 0 Å². The molecular formula is C20H25ClN2O. The Morgan fingerprint density at radius 3 is 2.71 bits per heavy atom. The number of alkyl halides is 1. The highest BCUT2D eigenvalue weighted by atomic mass is 35.5. The molecule has 3 rings (SSSR count).